The molecular formula is C12H23N3O. The number of carbonyl (C=O) groups excluding carboxylic acids is 1. The Hall–Kier alpha value is -0.770. The minimum Gasteiger partial charge on any atom is -0.337 e. The van der Waals surface area contributed by atoms with Crippen LogP contribution >= 0.6 is 0 Å². The van der Waals surface area contributed by atoms with E-state index < -0.39 is 0 Å². The lowest BCUT2D eigenvalue weighted by Crippen LogP contribution is -2.42. The normalized spacial score (nSPS) is 19.9. The molecule has 4 nitrogen and oxygen atoms in total. The second-order valence-electron chi connectivity index (χ2n) is 5.28. The van der Waals surface area contributed by atoms with Crippen LogP contribution in [0.5, 0.6) is 0 Å². The number of amides is 2. The summed E-state index contributed by atoms with van der Waals surface area (Å²) < 4.78 is 0. The molecule has 0 unspecified atom stereocenters. The lowest BCUT2D eigenvalue weighted by molar-refractivity contribution is 0.217. The minimum atomic E-state index is -0.00352. The average Bonchev–Trinajstić information content (AvgIpc) is 3.10. The van der Waals surface area contributed by atoms with Gasteiger partial charge in [0.25, 0.3) is 0 Å². The van der Waals surface area contributed by atoms with Crippen LogP contribution in [0.4, 0.5) is 4.79 Å². The highest BCUT2D eigenvalue weighted by molar-refractivity contribution is 5.73. The van der Waals surface area contributed by atoms with Crippen molar-refractivity contribution in [2.75, 3.05) is 27.2 Å². The van der Waals surface area contributed by atoms with E-state index in [4.69, 9.17) is 0 Å². The minimum absolute atomic E-state index is 0.00352. The van der Waals surface area contributed by atoms with Crippen LogP contribution in [0.1, 0.15) is 25.7 Å². The van der Waals surface area contributed by atoms with Gasteiger partial charge in [-0.3, -0.25) is 0 Å². The molecule has 16 heavy (non-hydrogen) atoms. The van der Waals surface area contributed by atoms with Crippen LogP contribution in [0.3, 0.4) is 0 Å². The van der Waals surface area contributed by atoms with Gasteiger partial charge in [-0.25, -0.2) is 4.79 Å². The van der Waals surface area contributed by atoms with Crippen molar-refractivity contribution in [3.8, 4) is 0 Å². The zero-order valence-electron chi connectivity index (χ0n) is 10.3. The topological polar surface area (TPSA) is 44.4 Å². The number of carbonyl (C=O) groups is 1. The summed E-state index contributed by atoms with van der Waals surface area (Å²) in [7, 11) is 3.53. The zero-order valence-corrected chi connectivity index (χ0v) is 10.3. The Balaban J connectivity index is 1.57. The number of hydrogen-bond acceptors (Lipinski definition) is 2. The largest absolute Gasteiger partial charge is 0.337 e. The van der Waals surface area contributed by atoms with Crippen LogP contribution in [0, 0.1) is 11.8 Å². The zero-order chi connectivity index (χ0) is 11.5. The van der Waals surface area contributed by atoms with Gasteiger partial charge in [-0.15, -0.1) is 0 Å². The predicted molar refractivity (Wildman–Crippen MR) is 64.3 cm³/mol. The second-order valence-corrected chi connectivity index (χ2v) is 5.28. The molecule has 0 aromatic rings. The van der Waals surface area contributed by atoms with Crippen LogP contribution in [0.15, 0.2) is 0 Å². The highest BCUT2D eigenvalue weighted by atomic mass is 16.2. The summed E-state index contributed by atoms with van der Waals surface area (Å²) in [5.74, 6) is 1.86. The van der Waals surface area contributed by atoms with E-state index in [0.29, 0.717) is 0 Å². The summed E-state index contributed by atoms with van der Waals surface area (Å²) in [4.78, 5) is 12.8. The van der Waals surface area contributed by atoms with E-state index in [1.165, 1.54) is 25.7 Å². The number of nitrogens with zero attached hydrogens (tertiary/aromatic N) is 1. The van der Waals surface area contributed by atoms with Crippen LogP contribution < -0.4 is 10.6 Å². The molecule has 0 bridgehead atoms. The molecule has 4 heteroatoms. The monoisotopic (exact) mass is 225 g/mol. The van der Waals surface area contributed by atoms with Crippen molar-refractivity contribution in [1.29, 1.82) is 0 Å². The van der Waals surface area contributed by atoms with Gasteiger partial charge in [0.05, 0.1) is 0 Å². The quantitative estimate of drug-likeness (QED) is 0.663. The molecule has 0 aromatic carbocycles. The van der Waals surface area contributed by atoms with Gasteiger partial charge < -0.3 is 15.5 Å². The SMILES string of the molecule is CN(C)C(=O)NCCNC(C1CC1)C1CC1. The molecular weight excluding hydrogens is 202 g/mol. The van der Waals surface area contributed by atoms with Crippen molar-refractivity contribution >= 4 is 6.03 Å². The van der Waals surface area contributed by atoms with Crippen LogP contribution in [0.2, 0.25) is 0 Å². The molecule has 92 valence electrons. The summed E-state index contributed by atoms with van der Waals surface area (Å²) >= 11 is 0. The third-order valence-corrected chi connectivity index (χ3v) is 3.45. The molecule has 2 saturated carbocycles. The maximum Gasteiger partial charge on any atom is 0.316 e. The standard InChI is InChI=1S/C12H23N3O/c1-15(2)12(16)14-8-7-13-11(9-3-4-9)10-5-6-10/h9-11,13H,3-8H2,1-2H3,(H,14,16). The fourth-order valence-electron chi connectivity index (χ4n) is 2.20. The molecule has 2 fully saturated rings. The van der Waals surface area contributed by atoms with Gasteiger partial charge in [0, 0.05) is 33.2 Å². The number of hydrogen-bond donors (Lipinski definition) is 2. The molecule has 2 amide bonds. The molecule has 2 aliphatic carbocycles. The number of rotatable bonds is 6. The molecule has 2 rings (SSSR count). The van der Waals surface area contributed by atoms with E-state index in [2.05, 4.69) is 10.6 Å². The Bertz CT molecular complexity index is 235. The van der Waals surface area contributed by atoms with Crippen LogP contribution in [-0.4, -0.2) is 44.2 Å². The summed E-state index contributed by atoms with van der Waals surface area (Å²) in [5, 5.41) is 6.49. The third kappa shape index (κ3) is 3.37. The average molecular weight is 225 g/mol. The first-order chi connectivity index (χ1) is 7.68. The Labute approximate surface area is 97.8 Å². The van der Waals surface area contributed by atoms with E-state index in [0.717, 1.165) is 31.0 Å². The molecule has 0 saturated heterocycles. The molecule has 0 heterocycles. The Morgan fingerprint density at radius 3 is 2.19 bits per heavy atom. The molecule has 0 atom stereocenters. The summed E-state index contributed by atoms with van der Waals surface area (Å²) in [6.07, 6.45) is 5.60. The third-order valence-electron chi connectivity index (χ3n) is 3.45. The van der Waals surface area contributed by atoms with Gasteiger partial charge in [0.2, 0.25) is 0 Å². The van der Waals surface area contributed by atoms with Crippen molar-refractivity contribution in [1.82, 2.24) is 15.5 Å². The van der Waals surface area contributed by atoms with E-state index in [1.807, 2.05) is 0 Å². The molecule has 2 aliphatic rings. The Morgan fingerprint density at radius 2 is 1.75 bits per heavy atom. The van der Waals surface area contributed by atoms with Crippen molar-refractivity contribution in [2.24, 2.45) is 11.8 Å². The van der Waals surface area contributed by atoms with E-state index in [9.17, 15) is 4.79 Å². The summed E-state index contributed by atoms with van der Waals surface area (Å²) in [5.41, 5.74) is 0. The summed E-state index contributed by atoms with van der Waals surface area (Å²) in [6, 6.07) is 0.729. The fraction of sp³-hybridized carbons (Fsp3) is 0.917. The maximum atomic E-state index is 11.3. The van der Waals surface area contributed by atoms with E-state index >= 15 is 0 Å². The van der Waals surface area contributed by atoms with Gasteiger partial charge in [-0.05, 0) is 37.5 Å². The summed E-state index contributed by atoms with van der Waals surface area (Å²) in [6.45, 7) is 1.63. The highest BCUT2D eigenvalue weighted by Gasteiger charge is 2.40. The van der Waals surface area contributed by atoms with Crippen molar-refractivity contribution in [2.45, 2.75) is 31.7 Å². The van der Waals surface area contributed by atoms with E-state index in [1.54, 1.807) is 19.0 Å². The second kappa shape index (κ2) is 5.04. The van der Waals surface area contributed by atoms with Crippen molar-refractivity contribution in [3.63, 3.8) is 0 Å². The van der Waals surface area contributed by atoms with Crippen molar-refractivity contribution in [3.05, 3.63) is 0 Å². The Morgan fingerprint density at radius 1 is 1.19 bits per heavy atom. The van der Waals surface area contributed by atoms with Gasteiger partial charge in [0.15, 0.2) is 0 Å². The molecule has 0 radical (unpaired) electrons. The molecule has 0 aliphatic heterocycles. The lowest BCUT2D eigenvalue weighted by Gasteiger charge is -2.18. The number of nitrogens with one attached hydrogen (secondary N) is 2. The van der Waals surface area contributed by atoms with Crippen molar-refractivity contribution < 1.29 is 4.79 Å². The Kier molecular flexibility index (Phi) is 3.69. The number of urea groups is 1. The highest BCUT2D eigenvalue weighted by Crippen LogP contribution is 2.44. The first-order valence-electron chi connectivity index (χ1n) is 6.37. The lowest BCUT2D eigenvalue weighted by atomic mass is 10.1. The first kappa shape index (κ1) is 11.7. The van der Waals surface area contributed by atoms with Gasteiger partial charge in [0.1, 0.15) is 0 Å². The van der Waals surface area contributed by atoms with Crippen LogP contribution in [-0.2, 0) is 0 Å². The van der Waals surface area contributed by atoms with Gasteiger partial charge in [-0.2, -0.15) is 0 Å². The molecule has 2 N–H and O–H groups in total. The molecule has 0 spiro atoms. The van der Waals surface area contributed by atoms with Crippen LogP contribution in [0.25, 0.3) is 0 Å². The van der Waals surface area contributed by atoms with E-state index in [-0.39, 0.29) is 6.03 Å². The van der Waals surface area contributed by atoms with Gasteiger partial charge >= 0.3 is 6.03 Å². The predicted octanol–water partition coefficient (Wildman–Crippen LogP) is 1.04. The molecule has 0 aromatic heterocycles. The fourth-order valence-corrected chi connectivity index (χ4v) is 2.20. The maximum absolute atomic E-state index is 11.3. The first-order valence-corrected chi connectivity index (χ1v) is 6.37. The van der Waals surface area contributed by atoms with Gasteiger partial charge in [-0.1, -0.05) is 0 Å². The smallest absolute Gasteiger partial charge is 0.316 e.